The maximum absolute atomic E-state index is 16.6. The summed E-state index contributed by atoms with van der Waals surface area (Å²) in [5.41, 5.74) is 23.3. The lowest BCUT2D eigenvalue weighted by molar-refractivity contribution is 0.482. The average molecular weight is 1450 g/mol. The molecule has 20 rings (SSSR count). The molecule has 2 aliphatic rings. The molecular formula is C104H70F2N2O4. The fraction of sp³-hybridized carbons (Fsp3) is 0.0385. The normalized spacial score (nSPS) is 14.6. The summed E-state index contributed by atoms with van der Waals surface area (Å²) in [5, 5.41) is 4.02. The molecule has 534 valence electrons. The number of nitrogens with zero attached hydrogens (tertiary/aromatic N) is 2. The Kier molecular flexibility index (Phi) is 16.0. The van der Waals surface area contributed by atoms with Crippen LogP contribution in [0.4, 0.5) is 42.9 Å². The van der Waals surface area contributed by atoms with E-state index in [0.29, 0.717) is 34.1 Å². The minimum atomic E-state index is -0.982. The predicted octanol–water partition coefficient (Wildman–Crippen LogP) is 28.6. The van der Waals surface area contributed by atoms with Crippen LogP contribution >= 0.6 is 0 Å². The highest BCUT2D eigenvalue weighted by molar-refractivity contribution is 6.12. The average Bonchev–Trinajstić information content (AvgIpc) is 1.53. The molecule has 0 aliphatic heterocycles. The lowest BCUT2D eigenvalue weighted by Gasteiger charge is -2.35. The van der Waals surface area contributed by atoms with Crippen LogP contribution in [0.15, 0.2) is 374 Å². The molecule has 0 saturated carbocycles. The van der Waals surface area contributed by atoms with Gasteiger partial charge in [-0.05, 0) is 247 Å². The molecule has 0 bridgehead atoms. The number of fused-ring (bicyclic) bond motifs is 12. The molecule has 2 aliphatic carbocycles. The van der Waals surface area contributed by atoms with Gasteiger partial charge in [0.05, 0.1) is 22.2 Å². The van der Waals surface area contributed by atoms with Gasteiger partial charge < -0.3 is 28.1 Å². The maximum Gasteiger partial charge on any atom is 0.159 e. The Labute approximate surface area is 647 Å². The zero-order chi connectivity index (χ0) is 75.3. The van der Waals surface area contributed by atoms with Crippen LogP contribution < -0.4 is 19.3 Å². The monoisotopic (exact) mass is 1450 g/mol. The molecule has 2 unspecified atom stereocenters. The van der Waals surface area contributed by atoms with E-state index in [0.717, 1.165) is 167 Å². The minimum Gasteiger partial charge on any atom is -0.457 e. The van der Waals surface area contributed by atoms with Crippen LogP contribution in [0.1, 0.15) is 66.8 Å². The van der Waals surface area contributed by atoms with Crippen molar-refractivity contribution in [2.75, 3.05) is 9.80 Å². The maximum atomic E-state index is 16.6. The second-order valence-corrected chi connectivity index (χ2v) is 29.0. The molecule has 0 fully saturated rings. The Hall–Kier alpha value is -14.3. The van der Waals surface area contributed by atoms with Crippen LogP contribution in [0.25, 0.3) is 89.4 Å². The molecule has 112 heavy (non-hydrogen) atoms. The van der Waals surface area contributed by atoms with Crippen molar-refractivity contribution in [3.8, 4) is 56.4 Å². The molecular weight excluding hydrogens is 1380 g/mol. The number of aryl methyl sites for hydroxylation is 2. The molecule has 0 N–H and O–H groups in total. The number of para-hydroxylation sites is 4. The Morgan fingerprint density at radius 2 is 0.643 bits per heavy atom. The number of hydrogen-bond acceptors (Lipinski definition) is 6. The van der Waals surface area contributed by atoms with E-state index in [4.69, 9.17) is 18.3 Å². The zero-order valence-electron chi connectivity index (χ0n) is 61.3. The minimum absolute atomic E-state index is 0.281. The van der Waals surface area contributed by atoms with Crippen LogP contribution in [-0.2, 0) is 10.8 Å². The highest BCUT2D eigenvalue weighted by Gasteiger charge is 2.49. The second kappa shape index (κ2) is 26.8. The van der Waals surface area contributed by atoms with Gasteiger partial charge in [0.25, 0.3) is 0 Å². The molecule has 8 heteroatoms. The zero-order valence-corrected chi connectivity index (χ0v) is 61.3. The molecule has 6 nitrogen and oxygen atoms in total. The molecule has 0 amide bonds. The van der Waals surface area contributed by atoms with Crippen molar-refractivity contribution in [2.45, 2.75) is 24.7 Å². The van der Waals surface area contributed by atoms with Crippen molar-refractivity contribution in [3.05, 3.63) is 443 Å². The van der Waals surface area contributed by atoms with Gasteiger partial charge in [-0.2, -0.15) is 0 Å². The Morgan fingerprint density at radius 3 is 1.04 bits per heavy atom. The van der Waals surface area contributed by atoms with Gasteiger partial charge in [-0.25, -0.2) is 8.78 Å². The highest BCUT2D eigenvalue weighted by Crippen LogP contribution is 2.61. The quantitative estimate of drug-likeness (QED) is 0.0906. The Morgan fingerprint density at radius 1 is 0.304 bits per heavy atom. The van der Waals surface area contributed by atoms with Crippen molar-refractivity contribution in [1.29, 1.82) is 0 Å². The smallest absolute Gasteiger partial charge is 0.159 e. The van der Waals surface area contributed by atoms with Crippen LogP contribution in [0.5, 0.6) is 23.0 Å². The van der Waals surface area contributed by atoms with Crippen molar-refractivity contribution < 1.29 is 27.1 Å². The third-order valence-electron chi connectivity index (χ3n) is 22.9. The van der Waals surface area contributed by atoms with Gasteiger partial charge in [0.1, 0.15) is 45.8 Å². The molecule has 2 aromatic heterocycles. The SMILES string of the molecule is C=Cc1ccc(Oc2ccc(C3(c4ccc(C)c(F)c4)c4ccccc4-c4ccc(N(c5ccc(-c6ccc(N(c7ccc8c(c7)C(c7ccc(Oc9ccc(C=C)cc9)cc7)(c7ccc(C)c(F)c7)c7ccccc7-8)c7cccc8c7oc7ccccc78)cc6)cc5)c5cccc6c5oc5ccccc56)cc43)cc2)cc1. The van der Waals surface area contributed by atoms with Gasteiger partial charge >= 0.3 is 0 Å². The van der Waals surface area contributed by atoms with E-state index in [1.54, 1.807) is 12.1 Å². The molecule has 0 radical (unpaired) electrons. The summed E-state index contributed by atoms with van der Waals surface area (Å²) < 4.78 is 60.0. The first-order valence-electron chi connectivity index (χ1n) is 37.7. The van der Waals surface area contributed by atoms with Crippen LogP contribution in [0.3, 0.4) is 0 Å². The number of ether oxygens (including phenoxy) is 2. The van der Waals surface area contributed by atoms with E-state index in [1.165, 1.54) is 0 Å². The number of furan rings is 2. The van der Waals surface area contributed by atoms with Crippen molar-refractivity contribution in [1.82, 2.24) is 0 Å². The summed E-state index contributed by atoms with van der Waals surface area (Å²) in [6, 6.07) is 121. The van der Waals surface area contributed by atoms with E-state index in [2.05, 4.69) is 241 Å². The summed E-state index contributed by atoms with van der Waals surface area (Å²) >= 11 is 0. The van der Waals surface area contributed by atoms with E-state index >= 15 is 8.78 Å². The fourth-order valence-electron chi connectivity index (χ4n) is 17.5. The summed E-state index contributed by atoms with van der Waals surface area (Å²) in [5.74, 6) is 2.19. The fourth-order valence-corrected chi connectivity index (χ4v) is 17.5. The van der Waals surface area contributed by atoms with E-state index in [9.17, 15) is 0 Å². The van der Waals surface area contributed by atoms with Crippen LogP contribution in [-0.4, -0.2) is 0 Å². The third-order valence-corrected chi connectivity index (χ3v) is 22.9. The highest BCUT2D eigenvalue weighted by atomic mass is 19.1. The van der Waals surface area contributed by atoms with E-state index < -0.39 is 10.8 Å². The predicted molar refractivity (Wildman–Crippen MR) is 453 cm³/mol. The van der Waals surface area contributed by atoms with Crippen molar-refractivity contribution in [3.63, 3.8) is 0 Å². The van der Waals surface area contributed by atoms with Gasteiger partial charge in [0, 0.05) is 44.3 Å². The van der Waals surface area contributed by atoms with Gasteiger partial charge in [-0.1, -0.05) is 244 Å². The summed E-state index contributed by atoms with van der Waals surface area (Å²) in [6.45, 7) is 11.5. The number of halogens is 2. The van der Waals surface area contributed by atoms with Gasteiger partial charge in [-0.15, -0.1) is 0 Å². The topological polar surface area (TPSA) is 51.2 Å². The lowest BCUT2D eigenvalue weighted by atomic mass is 9.67. The van der Waals surface area contributed by atoms with Gasteiger partial charge in [0.15, 0.2) is 11.2 Å². The molecule has 2 heterocycles. The molecule has 2 atom stereocenters. The van der Waals surface area contributed by atoms with E-state index in [1.807, 2.05) is 147 Å². The lowest BCUT2D eigenvalue weighted by Crippen LogP contribution is -2.29. The number of hydrogen-bond donors (Lipinski definition) is 0. The summed E-state index contributed by atoms with van der Waals surface area (Å²) in [7, 11) is 0. The van der Waals surface area contributed by atoms with Crippen LogP contribution in [0, 0.1) is 25.5 Å². The first-order chi connectivity index (χ1) is 55.0. The van der Waals surface area contributed by atoms with Crippen molar-refractivity contribution in [2.24, 2.45) is 0 Å². The molecule has 16 aromatic carbocycles. The third kappa shape index (κ3) is 10.8. The first kappa shape index (κ1) is 67.0. The standard InChI is InChI=1S/C104H70F2N2O4/c1-5-67-31-51-79(52-32-67)109-81-55-41-71(42-56-81)103(73-39-29-65(3)95(105)61-73)91-23-11-7-17-83(91)85-59-49-77(63-93(85)103)107(97-25-15-21-89-87-19-9-13-27-99(87)111-101(89)97)75-45-35-69(36-46-75)70-37-47-76(48-38-70)108(98-26-16-22-90-88-20-10-14-28-100(88)112-102(90)98)78-50-60-86-84-18-8-12-24-92(84)104(94(86)64-78,74-40-30-66(4)96(106)62-74)72-43-57-82(58-44-72)110-80-53-33-68(6-2)34-54-80/h5-64H,1-2H2,3-4H3. The molecule has 0 spiro atoms. The number of anilines is 6. The summed E-state index contributed by atoms with van der Waals surface area (Å²) in [4.78, 5) is 4.58. The number of benzene rings is 16. The largest absolute Gasteiger partial charge is 0.457 e. The Balaban J connectivity index is 0.718. The first-order valence-corrected chi connectivity index (χ1v) is 37.7. The number of rotatable bonds is 17. The van der Waals surface area contributed by atoms with Gasteiger partial charge in [-0.3, -0.25) is 0 Å². The van der Waals surface area contributed by atoms with E-state index in [-0.39, 0.29) is 11.6 Å². The molecule has 0 saturated heterocycles. The van der Waals surface area contributed by atoms with Crippen molar-refractivity contribution >= 4 is 90.2 Å². The molecule has 18 aromatic rings. The van der Waals surface area contributed by atoms with Gasteiger partial charge in [0.2, 0.25) is 0 Å². The summed E-state index contributed by atoms with van der Waals surface area (Å²) in [6.07, 6.45) is 3.63. The second-order valence-electron chi connectivity index (χ2n) is 29.0. The Bertz CT molecular complexity index is 6370. The van der Waals surface area contributed by atoms with Crippen LogP contribution in [0.2, 0.25) is 0 Å².